The Morgan fingerprint density at radius 2 is 1.96 bits per heavy atom. The molecule has 0 atom stereocenters. The molecule has 0 bridgehead atoms. The monoisotopic (exact) mass is 358 g/mol. The predicted octanol–water partition coefficient (Wildman–Crippen LogP) is 3.54. The number of halogens is 1. The SMILES string of the molecule is O=C(NCC1CCC(COc2ccccn2)CC1)c1ccc(O)c(F)c1. The van der Waals surface area contributed by atoms with Gasteiger partial charge in [-0.25, -0.2) is 9.37 Å². The van der Waals surface area contributed by atoms with Crippen molar-refractivity contribution in [3.8, 4) is 11.6 Å². The van der Waals surface area contributed by atoms with Gasteiger partial charge in [0.25, 0.3) is 5.91 Å². The Kier molecular flexibility index (Phi) is 6.04. The van der Waals surface area contributed by atoms with Crippen LogP contribution in [0.25, 0.3) is 0 Å². The second kappa shape index (κ2) is 8.65. The number of nitrogens with zero attached hydrogens (tertiary/aromatic N) is 1. The highest BCUT2D eigenvalue weighted by atomic mass is 19.1. The largest absolute Gasteiger partial charge is 0.505 e. The van der Waals surface area contributed by atoms with E-state index in [1.54, 1.807) is 6.20 Å². The van der Waals surface area contributed by atoms with E-state index in [4.69, 9.17) is 4.74 Å². The molecule has 6 heteroatoms. The normalized spacial score (nSPS) is 19.7. The summed E-state index contributed by atoms with van der Waals surface area (Å²) >= 11 is 0. The number of carbonyl (C=O) groups is 1. The zero-order valence-corrected chi connectivity index (χ0v) is 14.5. The molecule has 1 fully saturated rings. The molecule has 0 saturated heterocycles. The molecular weight excluding hydrogens is 335 g/mol. The number of aromatic nitrogens is 1. The van der Waals surface area contributed by atoms with E-state index in [-0.39, 0.29) is 11.5 Å². The zero-order chi connectivity index (χ0) is 18.4. The molecule has 3 rings (SSSR count). The molecule has 1 aliphatic rings. The van der Waals surface area contributed by atoms with Gasteiger partial charge in [-0.2, -0.15) is 0 Å². The van der Waals surface area contributed by atoms with Crippen LogP contribution >= 0.6 is 0 Å². The number of hydrogen-bond acceptors (Lipinski definition) is 4. The van der Waals surface area contributed by atoms with E-state index in [9.17, 15) is 14.3 Å². The molecule has 0 unspecified atom stereocenters. The minimum absolute atomic E-state index is 0.220. The first-order valence-electron chi connectivity index (χ1n) is 8.92. The van der Waals surface area contributed by atoms with Crippen LogP contribution in [0.1, 0.15) is 36.0 Å². The van der Waals surface area contributed by atoms with Crippen LogP contribution in [0, 0.1) is 17.7 Å². The standard InChI is InChI=1S/C20H23FN2O3/c21-17-11-16(8-9-18(17)24)20(25)23-12-14-4-6-15(7-5-14)13-26-19-3-1-2-10-22-19/h1-3,8-11,14-15,24H,4-7,12-13H2,(H,23,25). The number of hydrogen-bond donors (Lipinski definition) is 2. The maximum atomic E-state index is 13.3. The molecule has 1 aromatic heterocycles. The molecule has 2 aromatic rings. The molecular formula is C20H23FN2O3. The molecule has 5 nitrogen and oxygen atoms in total. The zero-order valence-electron chi connectivity index (χ0n) is 14.5. The predicted molar refractivity (Wildman–Crippen MR) is 95.6 cm³/mol. The summed E-state index contributed by atoms with van der Waals surface area (Å²) in [5.74, 6) is 0.0357. The number of rotatable bonds is 6. The number of pyridine rings is 1. The Labute approximate surface area is 152 Å². The highest BCUT2D eigenvalue weighted by Crippen LogP contribution is 2.29. The smallest absolute Gasteiger partial charge is 0.251 e. The van der Waals surface area contributed by atoms with Gasteiger partial charge in [-0.05, 0) is 61.8 Å². The Balaban J connectivity index is 1.38. The lowest BCUT2D eigenvalue weighted by Crippen LogP contribution is -2.32. The van der Waals surface area contributed by atoms with Gasteiger partial charge in [-0.1, -0.05) is 6.07 Å². The van der Waals surface area contributed by atoms with E-state index < -0.39 is 11.6 Å². The van der Waals surface area contributed by atoms with Crippen LogP contribution in [-0.2, 0) is 0 Å². The molecule has 0 radical (unpaired) electrons. The maximum Gasteiger partial charge on any atom is 0.251 e. The van der Waals surface area contributed by atoms with Crippen LogP contribution in [0.3, 0.4) is 0 Å². The molecule has 138 valence electrons. The molecule has 1 heterocycles. The lowest BCUT2D eigenvalue weighted by atomic mass is 9.82. The molecule has 1 amide bonds. The van der Waals surface area contributed by atoms with Gasteiger partial charge in [0.05, 0.1) is 6.61 Å². The van der Waals surface area contributed by atoms with E-state index >= 15 is 0 Å². The van der Waals surface area contributed by atoms with E-state index in [1.165, 1.54) is 12.1 Å². The Morgan fingerprint density at radius 1 is 1.19 bits per heavy atom. The minimum Gasteiger partial charge on any atom is -0.505 e. The summed E-state index contributed by atoms with van der Waals surface area (Å²) in [5.41, 5.74) is 0.220. The maximum absolute atomic E-state index is 13.3. The third-order valence-corrected chi connectivity index (χ3v) is 4.83. The summed E-state index contributed by atoms with van der Waals surface area (Å²) < 4.78 is 19.0. The van der Waals surface area contributed by atoms with Gasteiger partial charge >= 0.3 is 0 Å². The van der Waals surface area contributed by atoms with Gasteiger partial charge in [0.1, 0.15) is 0 Å². The number of carbonyl (C=O) groups excluding carboxylic acids is 1. The highest BCUT2D eigenvalue weighted by Gasteiger charge is 2.22. The van der Waals surface area contributed by atoms with E-state index in [0.29, 0.717) is 30.9 Å². The van der Waals surface area contributed by atoms with E-state index in [2.05, 4.69) is 10.3 Å². The third-order valence-electron chi connectivity index (χ3n) is 4.83. The summed E-state index contributed by atoms with van der Waals surface area (Å²) in [6.07, 6.45) is 5.89. The van der Waals surface area contributed by atoms with Crippen molar-refractivity contribution in [1.82, 2.24) is 10.3 Å². The topological polar surface area (TPSA) is 71.5 Å². The summed E-state index contributed by atoms with van der Waals surface area (Å²) in [6, 6.07) is 9.28. The van der Waals surface area contributed by atoms with Gasteiger partial charge in [0, 0.05) is 24.4 Å². The van der Waals surface area contributed by atoms with Crippen molar-refractivity contribution < 1.29 is 19.0 Å². The second-order valence-electron chi connectivity index (χ2n) is 6.74. The van der Waals surface area contributed by atoms with Crippen LogP contribution in [-0.4, -0.2) is 29.1 Å². The fourth-order valence-electron chi connectivity index (χ4n) is 3.23. The molecule has 0 aliphatic heterocycles. The lowest BCUT2D eigenvalue weighted by Gasteiger charge is -2.28. The first kappa shape index (κ1) is 18.2. The Bertz CT molecular complexity index is 731. The van der Waals surface area contributed by atoms with Crippen molar-refractivity contribution in [2.45, 2.75) is 25.7 Å². The van der Waals surface area contributed by atoms with Gasteiger partial charge in [0.15, 0.2) is 11.6 Å². The number of phenolic OH excluding ortho intramolecular Hbond substituents is 1. The van der Waals surface area contributed by atoms with Crippen LogP contribution in [0.5, 0.6) is 11.6 Å². The second-order valence-corrected chi connectivity index (χ2v) is 6.74. The van der Waals surface area contributed by atoms with Crippen LogP contribution < -0.4 is 10.1 Å². The van der Waals surface area contributed by atoms with Gasteiger partial charge < -0.3 is 15.2 Å². The van der Waals surface area contributed by atoms with E-state index in [1.807, 2.05) is 18.2 Å². The Morgan fingerprint density at radius 3 is 2.65 bits per heavy atom. The van der Waals surface area contributed by atoms with Crippen molar-refractivity contribution >= 4 is 5.91 Å². The molecule has 0 spiro atoms. The average molecular weight is 358 g/mol. The van der Waals surface area contributed by atoms with Crippen LogP contribution in [0.2, 0.25) is 0 Å². The highest BCUT2D eigenvalue weighted by molar-refractivity contribution is 5.94. The number of ether oxygens (including phenoxy) is 1. The van der Waals surface area contributed by atoms with Crippen LogP contribution in [0.15, 0.2) is 42.6 Å². The fourth-order valence-corrected chi connectivity index (χ4v) is 3.23. The molecule has 1 saturated carbocycles. The minimum atomic E-state index is -0.786. The number of nitrogens with one attached hydrogen (secondary N) is 1. The van der Waals surface area contributed by atoms with Crippen molar-refractivity contribution in [3.05, 3.63) is 54.0 Å². The lowest BCUT2D eigenvalue weighted by molar-refractivity contribution is 0.0937. The summed E-state index contributed by atoms with van der Waals surface area (Å²) in [6.45, 7) is 1.25. The van der Waals surface area contributed by atoms with Gasteiger partial charge in [-0.3, -0.25) is 4.79 Å². The van der Waals surface area contributed by atoms with Crippen molar-refractivity contribution in [3.63, 3.8) is 0 Å². The molecule has 26 heavy (non-hydrogen) atoms. The van der Waals surface area contributed by atoms with Crippen molar-refractivity contribution in [1.29, 1.82) is 0 Å². The van der Waals surface area contributed by atoms with Crippen LogP contribution in [0.4, 0.5) is 4.39 Å². The summed E-state index contributed by atoms with van der Waals surface area (Å²) in [5, 5.41) is 12.0. The summed E-state index contributed by atoms with van der Waals surface area (Å²) in [4.78, 5) is 16.2. The molecule has 1 aromatic carbocycles. The molecule has 2 N–H and O–H groups in total. The average Bonchev–Trinajstić information content (AvgIpc) is 2.68. The number of phenols is 1. The fraction of sp³-hybridized carbons (Fsp3) is 0.400. The number of amides is 1. The van der Waals surface area contributed by atoms with Gasteiger partial charge in [-0.15, -0.1) is 0 Å². The Hall–Kier alpha value is -2.63. The number of aromatic hydroxyl groups is 1. The first-order valence-corrected chi connectivity index (χ1v) is 8.92. The quantitative estimate of drug-likeness (QED) is 0.828. The molecule has 1 aliphatic carbocycles. The van der Waals surface area contributed by atoms with Gasteiger partial charge in [0.2, 0.25) is 5.88 Å². The summed E-state index contributed by atoms with van der Waals surface area (Å²) in [7, 11) is 0. The first-order chi connectivity index (χ1) is 12.6. The van der Waals surface area contributed by atoms with E-state index in [0.717, 1.165) is 31.7 Å². The number of benzene rings is 1. The van der Waals surface area contributed by atoms with Crippen molar-refractivity contribution in [2.24, 2.45) is 11.8 Å². The third kappa shape index (κ3) is 4.94. The van der Waals surface area contributed by atoms with Crippen molar-refractivity contribution in [2.75, 3.05) is 13.2 Å².